The minimum atomic E-state index is -1.17. The molecule has 4 aromatic rings. The molecule has 2 aromatic carbocycles. The predicted molar refractivity (Wildman–Crippen MR) is 107 cm³/mol. The number of carbonyl (C=O) groups is 1. The number of furan rings is 1. The molecule has 0 spiro atoms. The largest absolute Gasteiger partial charge is 0.548 e. The van der Waals surface area contributed by atoms with E-state index in [0.717, 1.165) is 10.9 Å². The molecule has 0 aliphatic carbocycles. The van der Waals surface area contributed by atoms with E-state index in [4.69, 9.17) is 9.40 Å². The van der Waals surface area contributed by atoms with Crippen molar-refractivity contribution in [2.75, 3.05) is 5.32 Å². The predicted octanol–water partition coefficient (Wildman–Crippen LogP) is 3.62. The first kappa shape index (κ1) is 18.0. The number of rotatable bonds is 6. The van der Waals surface area contributed by atoms with Crippen LogP contribution in [0.1, 0.15) is 20.3 Å². The van der Waals surface area contributed by atoms with Crippen molar-refractivity contribution in [3.8, 4) is 11.4 Å². The lowest BCUT2D eigenvalue weighted by Crippen LogP contribution is -2.45. The summed E-state index contributed by atoms with van der Waals surface area (Å²) in [4.78, 5) is 21.0. The smallest absolute Gasteiger partial charge is 0.196 e. The number of aromatic nitrogens is 2. The highest BCUT2D eigenvalue weighted by Crippen LogP contribution is 2.33. The van der Waals surface area contributed by atoms with Crippen LogP contribution in [0.25, 0.3) is 33.5 Å². The molecule has 0 amide bonds. The average molecular weight is 374 g/mol. The third-order valence-corrected chi connectivity index (χ3v) is 5.01. The van der Waals surface area contributed by atoms with Gasteiger partial charge in [0.15, 0.2) is 17.2 Å². The van der Waals surface area contributed by atoms with Gasteiger partial charge in [-0.2, -0.15) is 0 Å². The molecule has 0 fully saturated rings. The molecule has 6 nitrogen and oxygen atoms in total. The van der Waals surface area contributed by atoms with Crippen LogP contribution in [-0.4, -0.2) is 22.0 Å². The maximum absolute atomic E-state index is 11.7. The molecule has 0 bridgehead atoms. The number of hydrogen-bond donors (Lipinski definition) is 1. The van der Waals surface area contributed by atoms with Crippen molar-refractivity contribution in [1.82, 2.24) is 9.97 Å². The summed E-state index contributed by atoms with van der Waals surface area (Å²) < 4.78 is 5.97. The minimum absolute atomic E-state index is 0.139. The lowest BCUT2D eigenvalue weighted by atomic mass is 9.99. The Morgan fingerprint density at radius 3 is 2.54 bits per heavy atom. The SMILES string of the molecule is CC[C@H](C)[C@H](Nc1nc(-c2ccccc2)nc2c1oc1ccccc12)C(=O)[O-]. The fourth-order valence-electron chi connectivity index (χ4n) is 3.22. The lowest BCUT2D eigenvalue weighted by Gasteiger charge is -2.25. The van der Waals surface area contributed by atoms with E-state index >= 15 is 0 Å². The highest BCUT2D eigenvalue weighted by atomic mass is 16.4. The third kappa shape index (κ3) is 3.17. The first-order chi connectivity index (χ1) is 13.6. The summed E-state index contributed by atoms with van der Waals surface area (Å²) >= 11 is 0. The number of fused-ring (bicyclic) bond motifs is 3. The van der Waals surface area contributed by atoms with Gasteiger partial charge in [-0.05, 0) is 18.1 Å². The van der Waals surface area contributed by atoms with Crippen molar-refractivity contribution < 1.29 is 14.3 Å². The molecule has 0 aliphatic rings. The van der Waals surface area contributed by atoms with Crippen LogP contribution in [0, 0.1) is 5.92 Å². The van der Waals surface area contributed by atoms with E-state index in [1.54, 1.807) is 0 Å². The van der Waals surface area contributed by atoms with Gasteiger partial charge < -0.3 is 19.6 Å². The van der Waals surface area contributed by atoms with E-state index in [-0.39, 0.29) is 5.92 Å². The van der Waals surface area contributed by atoms with E-state index in [9.17, 15) is 9.90 Å². The molecule has 28 heavy (non-hydrogen) atoms. The van der Waals surface area contributed by atoms with Crippen molar-refractivity contribution in [3.63, 3.8) is 0 Å². The van der Waals surface area contributed by atoms with Crippen LogP contribution in [0.3, 0.4) is 0 Å². The van der Waals surface area contributed by atoms with Crippen LogP contribution >= 0.6 is 0 Å². The van der Waals surface area contributed by atoms with Crippen LogP contribution in [0.5, 0.6) is 0 Å². The number of nitrogens with one attached hydrogen (secondary N) is 1. The van der Waals surface area contributed by atoms with Crippen LogP contribution in [0.4, 0.5) is 5.82 Å². The molecule has 6 heteroatoms. The molecule has 2 aromatic heterocycles. The Morgan fingerprint density at radius 2 is 1.82 bits per heavy atom. The van der Waals surface area contributed by atoms with Crippen molar-refractivity contribution in [2.45, 2.75) is 26.3 Å². The van der Waals surface area contributed by atoms with Crippen molar-refractivity contribution in [1.29, 1.82) is 0 Å². The van der Waals surface area contributed by atoms with Gasteiger partial charge in [0.05, 0.1) is 12.0 Å². The number of hydrogen-bond acceptors (Lipinski definition) is 6. The molecule has 1 N–H and O–H groups in total. The second kappa shape index (κ2) is 7.31. The average Bonchev–Trinajstić information content (AvgIpc) is 3.10. The molecular weight excluding hydrogens is 354 g/mol. The summed E-state index contributed by atoms with van der Waals surface area (Å²) in [5, 5.41) is 15.6. The van der Waals surface area contributed by atoms with Crippen molar-refractivity contribution in [2.24, 2.45) is 5.92 Å². The number of anilines is 1. The van der Waals surface area contributed by atoms with E-state index in [1.165, 1.54) is 0 Å². The summed E-state index contributed by atoms with van der Waals surface area (Å²) in [6, 6.07) is 16.3. The van der Waals surface area contributed by atoms with Crippen LogP contribution in [0.15, 0.2) is 59.0 Å². The second-order valence-electron chi connectivity index (χ2n) is 6.86. The summed E-state index contributed by atoms with van der Waals surface area (Å²) in [5.74, 6) is -0.448. The Kier molecular flexibility index (Phi) is 4.69. The lowest BCUT2D eigenvalue weighted by molar-refractivity contribution is -0.307. The van der Waals surface area contributed by atoms with Gasteiger partial charge in [0.25, 0.3) is 0 Å². The van der Waals surface area contributed by atoms with Crippen LogP contribution < -0.4 is 10.4 Å². The number of carboxylic acid groups (broad SMARTS) is 1. The first-order valence-electron chi connectivity index (χ1n) is 9.30. The highest BCUT2D eigenvalue weighted by molar-refractivity contribution is 6.06. The fourth-order valence-corrected chi connectivity index (χ4v) is 3.22. The number of carbonyl (C=O) groups excluding carboxylic acids is 1. The molecule has 0 radical (unpaired) electrons. The zero-order chi connectivity index (χ0) is 19.7. The Balaban J connectivity index is 1.94. The Labute approximate surface area is 162 Å². The van der Waals surface area contributed by atoms with E-state index in [2.05, 4.69) is 10.3 Å². The number of para-hydroxylation sites is 1. The summed E-state index contributed by atoms with van der Waals surface area (Å²) in [6.07, 6.45) is 0.686. The van der Waals surface area contributed by atoms with E-state index in [1.807, 2.05) is 68.4 Å². The Morgan fingerprint density at radius 1 is 1.11 bits per heavy atom. The zero-order valence-electron chi connectivity index (χ0n) is 15.7. The molecule has 4 rings (SSSR count). The maximum Gasteiger partial charge on any atom is 0.196 e. The monoisotopic (exact) mass is 374 g/mol. The molecule has 0 aliphatic heterocycles. The maximum atomic E-state index is 11.7. The second-order valence-corrected chi connectivity index (χ2v) is 6.86. The zero-order valence-corrected chi connectivity index (χ0v) is 15.7. The normalized spacial score (nSPS) is 13.5. The van der Waals surface area contributed by atoms with Gasteiger partial charge >= 0.3 is 0 Å². The van der Waals surface area contributed by atoms with Gasteiger partial charge in [0.2, 0.25) is 0 Å². The summed E-state index contributed by atoms with van der Waals surface area (Å²) in [5.41, 5.74) is 2.60. The molecular formula is C22H20N3O3-. The third-order valence-electron chi connectivity index (χ3n) is 5.01. The minimum Gasteiger partial charge on any atom is -0.548 e. The van der Waals surface area contributed by atoms with Crippen molar-refractivity contribution in [3.05, 3.63) is 54.6 Å². The molecule has 142 valence electrons. The van der Waals surface area contributed by atoms with Gasteiger partial charge in [0, 0.05) is 10.9 Å². The molecule has 0 saturated heterocycles. The van der Waals surface area contributed by atoms with Crippen LogP contribution in [0.2, 0.25) is 0 Å². The topological polar surface area (TPSA) is 91.1 Å². The number of carboxylic acids is 1. The fraction of sp³-hybridized carbons (Fsp3) is 0.227. The quantitative estimate of drug-likeness (QED) is 0.554. The molecule has 0 unspecified atom stereocenters. The van der Waals surface area contributed by atoms with Gasteiger partial charge in [-0.3, -0.25) is 0 Å². The summed E-state index contributed by atoms with van der Waals surface area (Å²) in [7, 11) is 0. The van der Waals surface area contributed by atoms with Gasteiger partial charge in [-0.15, -0.1) is 0 Å². The van der Waals surface area contributed by atoms with Gasteiger partial charge in [-0.25, -0.2) is 9.97 Å². The molecule has 0 saturated carbocycles. The Hall–Kier alpha value is -3.41. The van der Waals surface area contributed by atoms with Crippen molar-refractivity contribution >= 4 is 33.9 Å². The molecule has 2 heterocycles. The van der Waals surface area contributed by atoms with E-state index in [0.29, 0.717) is 34.7 Å². The van der Waals surface area contributed by atoms with Gasteiger partial charge in [0.1, 0.15) is 11.1 Å². The van der Waals surface area contributed by atoms with E-state index < -0.39 is 12.0 Å². The Bertz CT molecular complexity index is 1140. The highest BCUT2D eigenvalue weighted by Gasteiger charge is 2.22. The summed E-state index contributed by atoms with van der Waals surface area (Å²) in [6.45, 7) is 3.80. The van der Waals surface area contributed by atoms with Gasteiger partial charge in [-0.1, -0.05) is 62.7 Å². The number of nitrogens with zero attached hydrogens (tertiary/aromatic N) is 2. The first-order valence-corrected chi connectivity index (χ1v) is 9.30. The standard InChI is InChI=1S/C22H21N3O3/c1-3-13(2)17(22(26)27)23-21-19-18(15-11-7-8-12-16(15)28-19)24-20(25-21)14-9-5-4-6-10-14/h4-13,17H,3H2,1-2H3,(H,26,27)(H,23,24,25)/p-1/t13-,17-/m0/s1. The number of aliphatic carboxylic acids is 1. The number of benzene rings is 2. The molecule has 2 atom stereocenters. The van der Waals surface area contributed by atoms with Crippen LogP contribution in [-0.2, 0) is 4.79 Å².